The number of benzene rings is 3. The van der Waals surface area contributed by atoms with Crippen LogP contribution in [0.15, 0.2) is 60.7 Å². The number of hydrogen-bond donors (Lipinski definition) is 3. The van der Waals surface area contributed by atoms with Crippen LogP contribution in [0.1, 0.15) is 13.3 Å². The van der Waals surface area contributed by atoms with Gasteiger partial charge in [0.25, 0.3) is 0 Å². The van der Waals surface area contributed by atoms with Gasteiger partial charge in [-0.25, -0.2) is 18.7 Å². The molecule has 0 saturated carbocycles. The van der Waals surface area contributed by atoms with E-state index in [0.29, 0.717) is 29.0 Å². The highest BCUT2D eigenvalue weighted by atomic mass is 19.1. The number of nitrogens with one attached hydrogen (secondary N) is 1. The van der Waals surface area contributed by atoms with E-state index in [-0.39, 0.29) is 23.2 Å². The van der Waals surface area contributed by atoms with Crippen molar-refractivity contribution in [2.75, 3.05) is 11.9 Å². The Morgan fingerprint density at radius 3 is 2.58 bits per heavy atom. The number of hydrogen-bond acceptors (Lipinski definition) is 5. The average Bonchev–Trinajstić information content (AvgIpc) is 2.77. The molecule has 1 atom stereocenters. The molecule has 0 amide bonds. The smallest absolute Gasteiger partial charge is 0.165 e. The van der Waals surface area contributed by atoms with Gasteiger partial charge in [-0.15, -0.1) is 0 Å². The van der Waals surface area contributed by atoms with E-state index in [9.17, 15) is 13.9 Å². The van der Waals surface area contributed by atoms with Gasteiger partial charge in [0.15, 0.2) is 5.82 Å². The lowest BCUT2D eigenvalue weighted by molar-refractivity contribution is 0.477. The minimum absolute atomic E-state index is 0.0321. The number of fused-ring (bicyclic) bond motifs is 1. The summed E-state index contributed by atoms with van der Waals surface area (Å²) in [7, 11) is 0. The maximum Gasteiger partial charge on any atom is 0.165 e. The van der Waals surface area contributed by atoms with E-state index >= 15 is 0 Å². The first-order valence-corrected chi connectivity index (χ1v) is 10.0. The lowest BCUT2D eigenvalue weighted by Gasteiger charge is -2.15. The molecule has 0 aliphatic heterocycles. The van der Waals surface area contributed by atoms with Crippen LogP contribution in [0.5, 0.6) is 5.75 Å². The van der Waals surface area contributed by atoms with E-state index in [4.69, 9.17) is 5.73 Å². The fourth-order valence-corrected chi connectivity index (χ4v) is 3.31. The highest BCUT2D eigenvalue weighted by Crippen LogP contribution is 2.34. The number of phenols is 1. The van der Waals surface area contributed by atoms with Gasteiger partial charge in [-0.1, -0.05) is 25.1 Å². The monoisotopic (exact) mass is 420 g/mol. The summed E-state index contributed by atoms with van der Waals surface area (Å²) in [5, 5.41) is 14.6. The summed E-state index contributed by atoms with van der Waals surface area (Å²) in [6.45, 7) is 2.54. The van der Waals surface area contributed by atoms with Crippen LogP contribution in [0.25, 0.3) is 33.4 Å². The Morgan fingerprint density at radius 1 is 1.00 bits per heavy atom. The van der Waals surface area contributed by atoms with Crippen molar-refractivity contribution in [3.05, 3.63) is 72.3 Å². The molecule has 0 saturated heterocycles. The van der Waals surface area contributed by atoms with Crippen molar-refractivity contribution in [1.82, 2.24) is 9.97 Å². The third-order valence-corrected chi connectivity index (χ3v) is 5.14. The van der Waals surface area contributed by atoms with E-state index in [1.54, 1.807) is 12.1 Å². The van der Waals surface area contributed by atoms with Crippen LogP contribution in [-0.4, -0.2) is 27.7 Å². The summed E-state index contributed by atoms with van der Waals surface area (Å²) >= 11 is 0. The average molecular weight is 420 g/mol. The summed E-state index contributed by atoms with van der Waals surface area (Å²) in [5.74, 6) is -0.501. The summed E-state index contributed by atoms with van der Waals surface area (Å²) in [6, 6.07) is 15.5. The molecule has 0 bridgehead atoms. The SMILES string of the molecule is CCC(N)CNc1nc(-c2cc(-c3ccc(F)cc3F)ccc2O)nc2ccccc12. The van der Waals surface area contributed by atoms with Crippen LogP contribution < -0.4 is 11.1 Å². The zero-order valence-corrected chi connectivity index (χ0v) is 16.9. The van der Waals surface area contributed by atoms with Crippen molar-refractivity contribution in [3.8, 4) is 28.3 Å². The topological polar surface area (TPSA) is 84.1 Å². The molecule has 1 aromatic heterocycles. The number of phenolic OH excluding ortho intramolecular Hbond substituents is 1. The fourth-order valence-electron chi connectivity index (χ4n) is 3.31. The number of nitrogens with zero attached hydrogens (tertiary/aromatic N) is 2. The van der Waals surface area contributed by atoms with E-state index in [1.807, 2.05) is 31.2 Å². The maximum atomic E-state index is 14.3. The van der Waals surface area contributed by atoms with Crippen molar-refractivity contribution in [1.29, 1.82) is 0 Å². The Kier molecular flexibility index (Phi) is 5.77. The lowest BCUT2D eigenvalue weighted by Crippen LogP contribution is -2.28. The number of para-hydroxylation sites is 1. The zero-order valence-electron chi connectivity index (χ0n) is 16.9. The second kappa shape index (κ2) is 8.65. The van der Waals surface area contributed by atoms with Gasteiger partial charge in [-0.05, 0) is 48.4 Å². The van der Waals surface area contributed by atoms with Crippen LogP contribution in [-0.2, 0) is 0 Å². The van der Waals surface area contributed by atoms with E-state index < -0.39 is 11.6 Å². The normalized spacial score (nSPS) is 12.1. The third kappa shape index (κ3) is 4.32. The van der Waals surface area contributed by atoms with E-state index in [1.165, 1.54) is 18.2 Å². The zero-order chi connectivity index (χ0) is 22.0. The van der Waals surface area contributed by atoms with Crippen molar-refractivity contribution in [3.63, 3.8) is 0 Å². The molecule has 0 aliphatic carbocycles. The molecule has 0 spiro atoms. The molecule has 3 aromatic carbocycles. The van der Waals surface area contributed by atoms with Gasteiger partial charge < -0.3 is 16.2 Å². The fraction of sp³-hybridized carbons (Fsp3) is 0.167. The van der Waals surface area contributed by atoms with Crippen LogP contribution in [0.3, 0.4) is 0 Å². The van der Waals surface area contributed by atoms with Gasteiger partial charge in [-0.3, -0.25) is 0 Å². The Bertz CT molecular complexity index is 1250. The predicted molar refractivity (Wildman–Crippen MR) is 119 cm³/mol. The van der Waals surface area contributed by atoms with Gasteiger partial charge >= 0.3 is 0 Å². The second-order valence-corrected chi connectivity index (χ2v) is 7.32. The molecule has 158 valence electrons. The third-order valence-electron chi connectivity index (χ3n) is 5.14. The van der Waals surface area contributed by atoms with E-state index in [2.05, 4.69) is 15.3 Å². The number of anilines is 1. The van der Waals surface area contributed by atoms with Gasteiger partial charge in [0.2, 0.25) is 0 Å². The highest BCUT2D eigenvalue weighted by Gasteiger charge is 2.15. The van der Waals surface area contributed by atoms with Crippen LogP contribution in [0, 0.1) is 11.6 Å². The predicted octanol–water partition coefficient (Wildman–Crippen LogP) is 5.10. The molecule has 31 heavy (non-hydrogen) atoms. The van der Waals surface area contributed by atoms with Crippen molar-refractivity contribution in [2.45, 2.75) is 19.4 Å². The molecule has 0 radical (unpaired) electrons. The Labute approximate surface area is 178 Å². The molecule has 7 heteroatoms. The molecule has 0 fully saturated rings. The van der Waals surface area contributed by atoms with Gasteiger partial charge in [0.05, 0.1) is 11.1 Å². The Hall–Kier alpha value is -3.58. The molecular formula is C24H22F2N4O. The number of aromatic nitrogens is 2. The Balaban J connectivity index is 1.82. The summed E-state index contributed by atoms with van der Waals surface area (Å²) < 4.78 is 27.6. The molecule has 5 nitrogen and oxygen atoms in total. The first-order valence-electron chi connectivity index (χ1n) is 10.0. The van der Waals surface area contributed by atoms with Crippen molar-refractivity contribution < 1.29 is 13.9 Å². The van der Waals surface area contributed by atoms with Crippen molar-refractivity contribution in [2.24, 2.45) is 5.73 Å². The first-order chi connectivity index (χ1) is 15.0. The summed E-state index contributed by atoms with van der Waals surface area (Å²) in [6.07, 6.45) is 0.814. The molecular weight excluding hydrogens is 398 g/mol. The maximum absolute atomic E-state index is 14.3. The van der Waals surface area contributed by atoms with Crippen LogP contribution in [0.4, 0.5) is 14.6 Å². The molecule has 1 heterocycles. The minimum Gasteiger partial charge on any atom is -0.507 e. The molecule has 4 rings (SSSR count). The van der Waals surface area contributed by atoms with Crippen molar-refractivity contribution >= 4 is 16.7 Å². The standard InChI is InChI=1S/C24H22F2N4O/c1-2-16(27)13-28-23-18-5-3-4-6-21(18)29-24(30-23)19-11-14(7-10-22(19)31)17-9-8-15(25)12-20(17)26/h3-12,16,31H,2,13,27H2,1H3,(H,28,29,30). The number of halogens is 2. The molecule has 4 N–H and O–H groups in total. The lowest BCUT2D eigenvalue weighted by atomic mass is 10.0. The molecule has 1 unspecified atom stereocenters. The summed E-state index contributed by atoms with van der Waals surface area (Å²) in [5.41, 5.74) is 7.77. The minimum atomic E-state index is -0.688. The molecule has 4 aromatic rings. The quantitative estimate of drug-likeness (QED) is 0.404. The van der Waals surface area contributed by atoms with Crippen LogP contribution >= 0.6 is 0 Å². The number of rotatable bonds is 6. The van der Waals surface area contributed by atoms with Gasteiger partial charge in [0, 0.05) is 29.6 Å². The molecule has 0 aliphatic rings. The summed E-state index contributed by atoms with van der Waals surface area (Å²) in [4.78, 5) is 9.21. The Morgan fingerprint density at radius 2 is 1.81 bits per heavy atom. The number of nitrogens with two attached hydrogens (primary N) is 1. The van der Waals surface area contributed by atoms with Crippen LogP contribution in [0.2, 0.25) is 0 Å². The largest absolute Gasteiger partial charge is 0.507 e. The number of aromatic hydroxyl groups is 1. The van der Waals surface area contributed by atoms with Gasteiger partial charge in [0.1, 0.15) is 23.2 Å². The van der Waals surface area contributed by atoms with E-state index in [0.717, 1.165) is 17.9 Å². The second-order valence-electron chi connectivity index (χ2n) is 7.32. The van der Waals surface area contributed by atoms with Gasteiger partial charge in [-0.2, -0.15) is 0 Å². The highest BCUT2D eigenvalue weighted by molar-refractivity contribution is 5.91. The first kappa shape index (κ1) is 20.7.